The predicted molar refractivity (Wildman–Crippen MR) is 275 cm³/mol. The number of ether oxygens (including phenoxy) is 3. The summed E-state index contributed by atoms with van der Waals surface area (Å²) in [6, 6.07) is 0. The number of hydrogen-bond acceptors (Lipinski definition) is 6. The number of unbranched alkanes of at least 4 members (excludes halogenated alkanes) is 28. The Bertz CT molecular complexity index is 931. The van der Waals surface area contributed by atoms with Crippen LogP contribution in [0.25, 0.3) is 0 Å². The molecule has 0 saturated carbocycles. The van der Waals surface area contributed by atoms with Crippen LogP contribution in [0.4, 0.5) is 0 Å². The Kier molecular flexibility index (Phi) is 48.1. The van der Waals surface area contributed by atoms with Crippen molar-refractivity contribution in [1.29, 1.82) is 0 Å². The van der Waals surface area contributed by atoms with Crippen molar-refractivity contribution < 1.29 is 28.6 Å². The minimum absolute atomic E-state index is 0.0116. The van der Waals surface area contributed by atoms with E-state index >= 15 is 0 Å². The summed E-state index contributed by atoms with van der Waals surface area (Å²) in [7, 11) is 0. The Balaban J connectivity index is 4.40. The lowest BCUT2D eigenvalue weighted by atomic mass is 9.94. The minimum Gasteiger partial charge on any atom is -0.465 e. The van der Waals surface area contributed by atoms with Crippen LogP contribution in [0.5, 0.6) is 0 Å². The molecule has 0 radical (unpaired) electrons. The first-order valence-corrected chi connectivity index (χ1v) is 28.8. The van der Waals surface area contributed by atoms with Gasteiger partial charge in [-0.1, -0.05) is 241 Å². The second-order valence-corrected chi connectivity index (χ2v) is 20.5. The maximum absolute atomic E-state index is 13.0. The first-order valence-electron chi connectivity index (χ1n) is 28.8. The zero-order valence-corrected chi connectivity index (χ0v) is 44.1. The molecule has 0 aromatic heterocycles. The number of hydrogen-bond donors (Lipinski definition) is 0. The summed E-state index contributed by atoms with van der Waals surface area (Å²) in [5, 5.41) is 0. The van der Waals surface area contributed by atoms with E-state index < -0.39 is 0 Å². The summed E-state index contributed by atoms with van der Waals surface area (Å²) in [5.74, 6) is 0.900. The molecule has 0 aliphatic heterocycles. The van der Waals surface area contributed by atoms with Gasteiger partial charge in [-0.15, -0.1) is 0 Å². The van der Waals surface area contributed by atoms with Gasteiger partial charge in [0.1, 0.15) is 6.10 Å². The van der Waals surface area contributed by atoms with Gasteiger partial charge in [-0.2, -0.15) is 0 Å². The quantitative estimate of drug-likeness (QED) is 0.0344. The fourth-order valence-corrected chi connectivity index (χ4v) is 9.20. The fourth-order valence-electron chi connectivity index (χ4n) is 9.20. The van der Waals surface area contributed by atoms with Gasteiger partial charge in [0.05, 0.1) is 25.0 Å². The molecule has 0 aromatic carbocycles. The zero-order chi connectivity index (χ0) is 47.0. The first-order chi connectivity index (χ1) is 31.3. The largest absolute Gasteiger partial charge is 0.465 e. The summed E-state index contributed by atoms with van der Waals surface area (Å²) in [6.07, 6.45) is 49.4. The van der Waals surface area contributed by atoms with Crippen LogP contribution in [0.1, 0.15) is 318 Å². The molecule has 0 N–H and O–H groups in total. The molecule has 0 heterocycles. The van der Waals surface area contributed by atoms with Crippen LogP contribution in [-0.4, -0.2) is 37.2 Å². The third-order valence-corrected chi connectivity index (χ3v) is 13.6. The molecule has 0 fully saturated rings. The summed E-state index contributed by atoms with van der Waals surface area (Å²) in [4.78, 5) is 38.7. The van der Waals surface area contributed by atoms with Crippen molar-refractivity contribution in [2.45, 2.75) is 324 Å². The highest BCUT2D eigenvalue weighted by molar-refractivity contribution is 5.72. The summed E-state index contributed by atoms with van der Waals surface area (Å²) >= 11 is 0. The van der Waals surface area contributed by atoms with Crippen LogP contribution in [0.15, 0.2) is 0 Å². The van der Waals surface area contributed by atoms with Crippen molar-refractivity contribution in [3.05, 3.63) is 0 Å². The van der Waals surface area contributed by atoms with Gasteiger partial charge in [-0.05, 0) is 76.5 Å². The highest BCUT2D eigenvalue weighted by Crippen LogP contribution is 2.23. The molecule has 0 bridgehead atoms. The number of carbonyl (C=O) groups is 3. The van der Waals surface area contributed by atoms with Gasteiger partial charge in [-0.3, -0.25) is 14.4 Å². The van der Waals surface area contributed by atoms with Crippen molar-refractivity contribution in [1.82, 2.24) is 0 Å². The SMILES string of the molecule is CCCCCCCCC(CCCCCC)C(=O)OCCCCCCCCCC(CCCCCCCCCOC(=O)C(CCCCCC)CCCCCCCC)OC(=O)CCCC(C)C. The molecule has 64 heavy (non-hydrogen) atoms. The lowest BCUT2D eigenvalue weighted by Gasteiger charge is -2.18. The van der Waals surface area contributed by atoms with E-state index in [1.54, 1.807) is 0 Å². The normalized spacial score (nSPS) is 13.0. The van der Waals surface area contributed by atoms with Crippen molar-refractivity contribution >= 4 is 17.9 Å². The highest BCUT2D eigenvalue weighted by atomic mass is 16.5. The molecule has 0 aliphatic carbocycles. The third-order valence-electron chi connectivity index (χ3n) is 13.6. The topological polar surface area (TPSA) is 78.9 Å². The molecular formula is C58H112O6. The van der Waals surface area contributed by atoms with Gasteiger partial charge in [0.2, 0.25) is 0 Å². The van der Waals surface area contributed by atoms with Gasteiger partial charge < -0.3 is 14.2 Å². The van der Waals surface area contributed by atoms with Crippen LogP contribution in [0.3, 0.4) is 0 Å². The highest BCUT2D eigenvalue weighted by Gasteiger charge is 2.21. The van der Waals surface area contributed by atoms with Gasteiger partial charge in [0.25, 0.3) is 0 Å². The average molecular weight is 906 g/mol. The molecular weight excluding hydrogens is 793 g/mol. The molecule has 0 saturated heterocycles. The standard InChI is InChI=1S/C58H112O6/c1-7-11-15-19-27-35-45-53(43-33-17-13-9-3)57(60)62-50-39-31-25-21-23-29-37-47-55(64-56(59)49-41-42-52(5)6)48-38-30-24-22-26-32-40-51-63-58(61)54(44-34-18-14-10-4)46-36-28-20-16-12-8-2/h52-55H,7-51H2,1-6H3. The van der Waals surface area contributed by atoms with Crippen LogP contribution < -0.4 is 0 Å². The molecule has 0 aromatic rings. The summed E-state index contributed by atoms with van der Waals surface area (Å²) in [5.41, 5.74) is 0. The van der Waals surface area contributed by atoms with E-state index in [1.165, 1.54) is 154 Å². The van der Waals surface area contributed by atoms with Crippen LogP contribution in [0.2, 0.25) is 0 Å². The molecule has 6 nitrogen and oxygen atoms in total. The number of esters is 3. The molecule has 380 valence electrons. The Morgan fingerprint density at radius 1 is 0.328 bits per heavy atom. The second-order valence-electron chi connectivity index (χ2n) is 20.5. The van der Waals surface area contributed by atoms with Crippen LogP contribution >= 0.6 is 0 Å². The minimum atomic E-state index is -0.0116. The predicted octanol–water partition coefficient (Wildman–Crippen LogP) is 18.7. The molecule has 0 rings (SSSR count). The summed E-state index contributed by atoms with van der Waals surface area (Å²) < 4.78 is 17.7. The van der Waals surface area contributed by atoms with Crippen molar-refractivity contribution in [3.8, 4) is 0 Å². The maximum atomic E-state index is 13.0. The van der Waals surface area contributed by atoms with Gasteiger partial charge in [0, 0.05) is 6.42 Å². The van der Waals surface area contributed by atoms with Gasteiger partial charge in [-0.25, -0.2) is 0 Å². The second kappa shape index (κ2) is 49.3. The van der Waals surface area contributed by atoms with Crippen molar-refractivity contribution in [2.75, 3.05) is 13.2 Å². The maximum Gasteiger partial charge on any atom is 0.308 e. The Morgan fingerprint density at radius 3 is 0.938 bits per heavy atom. The molecule has 0 aliphatic rings. The lowest BCUT2D eigenvalue weighted by molar-refractivity contribution is -0.150. The zero-order valence-electron chi connectivity index (χ0n) is 44.1. The monoisotopic (exact) mass is 905 g/mol. The average Bonchev–Trinajstić information content (AvgIpc) is 3.28. The molecule has 2 atom stereocenters. The Morgan fingerprint density at radius 2 is 0.609 bits per heavy atom. The smallest absolute Gasteiger partial charge is 0.308 e. The third kappa shape index (κ3) is 43.0. The van der Waals surface area contributed by atoms with E-state index in [1.807, 2.05) is 0 Å². The number of rotatable bonds is 51. The molecule has 6 heteroatoms. The van der Waals surface area contributed by atoms with E-state index in [0.717, 1.165) is 116 Å². The number of carbonyl (C=O) groups excluding carboxylic acids is 3. The van der Waals surface area contributed by atoms with E-state index in [-0.39, 0.29) is 35.8 Å². The van der Waals surface area contributed by atoms with E-state index in [9.17, 15) is 14.4 Å². The molecule has 0 spiro atoms. The van der Waals surface area contributed by atoms with Crippen molar-refractivity contribution in [2.24, 2.45) is 17.8 Å². The van der Waals surface area contributed by atoms with Gasteiger partial charge in [0.15, 0.2) is 0 Å². The van der Waals surface area contributed by atoms with E-state index in [4.69, 9.17) is 14.2 Å². The van der Waals surface area contributed by atoms with E-state index in [2.05, 4.69) is 41.5 Å². The van der Waals surface area contributed by atoms with Crippen molar-refractivity contribution in [3.63, 3.8) is 0 Å². The Labute approximate surface area is 399 Å². The summed E-state index contributed by atoms with van der Waals surface area (Å²) in [6.45, 7) is 14.6. The van der Waals surface area contributed by atoms with Crippen LogP contribution in [-0.2, 0) is 28.6 Å². The Hall–Kier alpha value is -1.59. The lowest BCUT2D eigenvalue weighted by Crippen LogP contribution is -2.18. The molecule has 2 unspecified atom stereocenters. The molecule has 0 amide bonds. The van der Waals surface area contributed by atoms with Gasteiger partial charge >= 0.3 is 17.9 Å². The van der Waals surface area contributed by atoms with Crippen LogP contribution in [0, 0.1) is 17.8 Å². The fraction of sp³-hybridized carbons (Fsp3) is 0.948. The first kappa shape index (κ1) is 62.4. The van der Waals surface area contributed by atoms with E-state index in [0.29, 0.717) is 25.6 Å².